The van der Waals surface area contributed by atoms with Gasteiger partial charge in [0.05, 0.1) is 49.9 Å². The van der Waals surface area contributed by atoms with Crippen LogP contribution in [-0.4, -0.2) is 75.4 Å². The normalized spacial score (nSPS) is 23.6. The Bertz CT molecular complexity index is 1520. The van der Waals surface area contributed by atoms with E-state index >= 15 is 8.78 Å². The highest BCUT2D eigenvalue weighted by Crippen LogP contribution is 2.39. The van der Waals surface area contributed by atoms with E-state index in [4.69, 9.17) is 14.5 Å². The van der Waals surface area contributed by atoms with Crippen LogP contribution >= 0.6 is 0 Å². The maximum absolute atomic E-state index is 15.8. The summed E-state index contributed by atoms with van der Waals surface area (Å²) in [5.74, 6) is -0.667. The van der Waals surface area contributed by atoms with Gasteiger partial charge in [0.1, 0.15) is 23.6 Å². The minimum atomic E-state index is -0.769. The molecule has 0 radical (unpaired) electrons. The summed E-state index contributed by atoms with van der Waals surface area (Å²) in [4.78, 5) is 21.2. The molecule has 0 spiro atoms. The zero-order valence-electron chi connectivity index (χ0n) is 20.6. The lowest BCUT2D eigenvalue weighted by atomic mass is 10.0. The Morgan fingerprint density at radius 2 is 2.00 bits per heavy atom. The van der Waals surface area contributed by atoms with E-state index in [1.54, 1.807) is 29.2 Å². The summed E-state index contributed by atoms with van der Waals surface area (Å²) >= 11 is 0. The van der Waals surface area contributed by atoms with Gasteiger partial charge in [-0.15, -0.1) is 0 Å². The number of fused-ring (bicyclic) bond motifs is 3. The highest BCUT2D eigenvalue weighted by molar-refractivity contribution is 5.99. The van der Waals surface area contributed by atoms with Crippen LogP contribution in [0.4, 0.5) is 20.3 Å². The number of carbonyl (C=O) groups is 1. The Labute approximate surface area is 216 Å². The van der Waals surface area contributed by atoms with Crippen LogP contribution in [0.15, 0.2) is 36.7 Å². The fourth-order valence-corrected chi connectivity index (χ4v) is 5.65. The maximum atomic E-state index is 15.8. The first-order chi connectivity index (χ1) is 18.5. The number of carbonyl (C=O) groups excluding carboxylic acids is 1. The Hall–Kier alpha value is -3.90. The van der Waals surface area contributed by atoms with Crippen molar-refractivity contribution in [2.75, 3.05) is 36.1 Å². The lowest BCUT2D eigenvalue weighted by Gasteiger charge is -2.34. The van der Waals surface area contributed by atoms with Crippen LogP contribution < -0.4 is 9.80 Å². The molecule has 10 nitrogen and oxygen atoms in total. The van der Waals surface area contributed by atoms with Crippen LogP contribution in [0, 0.1) is 11.6 Å². The second-order valence-electron chi connectivity index (χ2n) is 9.94. The zero-order chi connectivity index (χ0) is 26.0. The number of morpholine rings is 2. The van der Waals surface area contributed by atoms with Crippen LogP contribution in [0.1, 0.15) is 19.8 Å². The number of halogens is 2. The largest absolute Gasteiger partial charge is 0.377 e. The summed E-state index contributed by atoms with van der Waals surface area (Å²) in [6, 6.07) is 5.91. The first-order valence-electron chi connectivity index (χ1n) is 12.7. The van der Waals surface area contributed by atoms with E-state index in [2.05, 4.69) is 20.2 Å². The van der Waals surface area contributed by atoms with Crippen LogP contribution in [0.3, 0.4) is 0 Å². The molecule has 7 rings (SSSR count). The summed E-state index contributed by atoms with van der Waals surface area (Å²) < 4.78 is 44.5. The second-order valence-corrected chi connectivity index (χ2v) is 9.94. The molecule has 12 heteroatoms. The number of nitrogens with one attached hydrogen (secondary N) is 1. The number of aromatic amines is 1. The van der Waals surface area contributed by atoms with Crippen molar-refractivity contribution in [3.05, 3.63) is 48.3 Å². The van der Waals surface area contributed by atoms with E-state index in [1.165, 1.54) is 17.0 Å². The number of hydrogen-bond donors (Lipinski definition) is 1. The topological polar surface area (TPSA) is 101 Å². The Morgan fingerprint density at radius 3 is 2.76 bits per heavy atom. The SMILES string of the molecule is C[C@@H]1COCCN1c1cc(-c2c(F)cc(N3CC4CCC(O4)C3=O)cc2F)c2cnn(-c3ccn[nH]3)c2n1. The van der Waals surface area contributed by atoms with Gasteiger partial charge in [0.2, 0.25) is 0 Å². The lowest BCUT2D eigenvalue weighted by Crippen LogP contribution is -2.47. The number of H-pyrrole nitrogens is 1. The molecular weight excluding hydrogens is 496 g/mol. The molecule has 3 aromatic heterocycles. The van der Waals surface area contributed by atoms with Crippen LogP contribution in [0.5, 0.6) is 0 Å². The Balaban J connectivity index is 1.38. The predicted octanol–water partition coefficient (Wildman–Crippen LogP) is 3.21. The molecule has 1 amide bonds. The molecule has 1 aromatic carbocycles. The number of benzene rings is 1. The minimum absolute atomic E-state index is 0.0184. The molecule has 3 saturated heterocycles. The minimum Gasteiger partial charge on any atom is -0.377 e. The molecule has 4 aromatic rings. The number of ether oxygens (including phenoxy) is 2. The summed E-state index contributed by atoms with van der Waals surface area (Å²) in [7, 11) is 0. The van der Waals surface area contributed by atoms with Gasteiger partial charge < -0.3 is 19.3 Å². The molecular formula is C26H25F2N7O3. The van der Waals surface area contributed by atoms with Crippen molar-refractivity contribution in [3.8, 4) is 16.9 Å². The van der Waals surface area contributed by atoms with Crippen LogP contribution in [0.25, 0.3) is 28.0 Å². The number of pyridine rings is 1. The molecule has 3 aliphatic rings. The predicted molar refractivity (Wildman–Crippen MR) is 134 cm³/mol. The molecule has 3 atom stereocenters. The number of nitrogens with zero attached hydrogens (tertiary/aromatic N) is 6. The monoisotopic (exact) mass is 521 g/mol. The van der Waals surface area contributed by atoms with Crippen molar-refractivity contribution in [1.82, 2.24) is 25.0 Å². The average molecular weight is 522 g/mol. The fourth-order valence-electron chi connectivity index (χ4n) is 5.65. The van der Waals surface area contributed by atoms with Gasteiger partial charge in [-0.05, 0) is 38.0 Å². The van der Waals surface area contributed by atoms with E-state index in [-0.39, 0.29) is 35.8 Å². The van der Waals surface area contributed by atoms with Crippen molar-refractivity contribution in [2.45, 2.75) is 38.0 Å². The average Bonchev–Trinajstić information content (AvgIpc) is 3.66. The molecule has 196 valence electrons. The van der Waals surface area contributed by atoms with Gasteiger partial charge in [-0.1, -0.05) is 0 Å². The number of amides is 1. The Kier molecular flexibility index (Phi) is 5.41. The highest BCUT2D eigenvalue weighted by Gasteiger charge is 2.41. The van der Waals surface area contributed by atoms with Gasteiger partial charge in [-0.25, -0.2) is 13.8 Å². The summed E-state index contributed by atoms with van der Waals surface area (Å²) in [6.45, 7) is 3.92. The third-order valence-corrected chi connectivity index (χ3v) is 7.55. The molecule has 0 saturated carbocycles. The number of anilines is 2. The lowest BCUT2D eigenvalue weighted by molar-refractivity contribution is -0.133. The van der Waals surface area contributed by atoms with E-state index < -0.39 is 17.7 Å². The second kappa shape index (κ2) is 8.84. The van der Waals surface area contributed by atoms with Crippen molar-refractivity contribution in [3.63, 3.8) is 0 Å². The molecule has 3 fully saturated rings. The summed E-state index contributed by atoms with van der Waals surface area (Å²) in [5.41, 5.74) is 0.748. The van der Waals surface area contributed by atoms with Crippen molar-refractivity contribution >= 4 is 28.4 Å². The van der Waals surface area contributed by atoms with Crippen LogP contribution in [0.2, 0.25) is 0 Å². The van der Waals surface area contributed by atoms with Gasteiger partial charge in [0.25, 0.3) is 5.91 Å². The highest BCUT2D eigenvalue weighted by atomic mass is 19.1. The quantitative estimate of drug-likeness (QED) is 0.440. The third-order valence-electron chi connectivity index (χ3n) is 7.55. The third kappa shape index (κ3) is 3.66. The van der Waals surface area contributed by atoms with E-state index in [0.717, 1.165) is 6.42 Å². The zero-order valence-corrected chi connectivity index (χ0v) is 20.6. The smallest absolute Gasteiger partial charge is 0.256 e. The first-order valence-corrected chi connectivity index (χ1v) is 12.7. The van der Waals surface area contributed by atoms with E-state index in [0.29, 0.717) is 54.4 Å². The van der Waals surface area contributed by atoms with Gasteiger partial charge >= 0.3 is 0 Å². The van der Waals surface area contributed by atoms with Crippen molar-refractivity contribution in [1.29, 1.82) is 0 Å². The fraction of sp³-hybridized carbons (Fsp3) is 0.385. The van der Waals surface area contributed by atoms with Gasteiger partial charge in [-0.2, -0.15) is 14.9 Å². The number of aromatic nitrogens is 5. The molecule has 3 aliphatic heterocycles. The molecule has 0 aliphatic carbocycles. The number of rotatable bonds is 4. The maximum Gasteiger partial charge on any atom is 0.256 e. The molecule has 2 bridgehead atoms. The van der Waals surface area contributed by atoms with E-state index in [9.17, 15) is 4.79 Å². The molecule has 6 heterocycles. The number of hydrogen-bond acceptors (Lipinski definition) is 7. The van der Waals surface area contributed by atoms with Gasteiger partial charge in [0, 0.05) is 29.2 Å². The van der Waals surface area contributed by atoms with Crippen LogP contribution in [-0.2, 0) is 14.3 Å². The van der Waals surface area contributed by atoms with Gasteiger partial charge in [-0.3, -0.25) is 9.89 Å². The summed E-state index contributed by atoms with van der Waals surface area (Å²) in [6.07, 6.45) is 3.85. The van der Waals surface area contributed by atoms with E-state index in [1.807, 2.05) is 6.92 Å². The molecule has 1 N–H and O–H groups in total. The van der Waals surface area contributed by atoms with Crippen molar-refractivity contribution < 1.29 is 23.0 Å². The van der Waals surface area contributed by atoms with Crippen molar-refractivity contribution in [2.24, 2.45) is 0 Å². The first kappa shape index (κ1) is 23.2. The molecule has 38 heavy (non-hydrogen) atoms. The Morgan fingerprint density at radius 1 is 1.16 bits per heavy atom. The van der Waals surface area contributed by atoms with Gasteiger partial charge in [0.15, 0.2) is 11.5 Å². The summed E-state index contributed by atoms with van der Waals surface area (Å²) in [5, 5.41) is 11.8. The standard InChI is InChI=1S/C26H25F2N7O3/c1-14-13-37-7-6-33(14)23-10-17(18-11-30-35(25(18)31-23)22-4-5-29-32-22)24-19(27)8-15(9-20(24)28)34-12-16-2-3-21(38-16)26(34)36/h4-5,8-11,14,16,21H,2-3,6-7,12-13H2,1H3,(H,29,32)/t14-,16?,21?/m1/s1. The molecule has 2 unspecified atom stereocenters.